The zero-order valence-electron chi connectivity index (χ0n) is 9.38. The molecule has 1 N–H and O–H groups in total. The molecule has 0 radical (unpaired) electrons. The van der Waals surface area contributed by atoms with Crippen LogP contribution in [0.1, 0.15) is 18.9 Å². The molecule has 0 saturated heterocycles. The van der Waals surface area contributed by atoms with Crippen LogP contribution in [-0.2, 0) is 13.5 Å². The highest BCUT2D eigenvalue weighted by Crippen LogP contribution is 2.21. The van der Waals surface area contributed by atoms with Gasteiger partial charge < -0.3 is 5.32 Å². The van der Waals surface area contributed by atoms with Gasteiger partial charge in [0, 0.05) is 19.3 Å². The molecule has 0 fully saturated rings. The third-order valence-electron chi connectivity index (χ3n) is 2.20. The maximum Gasteiger partial charge on any atom is 0.390 e. The van der Waals surface area contributed by atoms with Crippen LogP contribution < -0.4 is 5.32 Å². The molecule has 0 aliphatic carbocycles. The first kappa shape index (κ1) is 13.0. The van der Waals surface area contributed by atoms with Crippen LogP contribution in [0, 0.1) is 0 Å². The maximum atomic E-state index is 12.0. The fraction of sp³-hybridized carbons (Fsp3) is 0.700. The zero-order chi connectivity index (χ0) is 12.2. The minimum Gasteiger partial charge on any atom is -0.314 e. The molecule has 16 heavy (non-hydrogen) atoms. The van der Waals surface area contributed by atoms with Crippen LogP contribution in [0.4, 0.5) is 13.2 Å². The monoisotopic (exact) mass is 235 g/mol. The van der Waals surface area contributed by atoms with Crippen LogP contribution in [0.2, 0.25) is 0 Å². The number of nitrogens with zero attached hydrogens (tertiary/aromatic N) is 2. The van der Waals surface area contributed by atoms with E-state index in [-0.39, 0.29) is 0 Å². The minimum absolute atomic E-state index is 0.531. The van der Waals surface area contributed by atoms with Crippen LogP contribution in [0.25, 0.3) is 0 Å². The predicted octanol–water partition coefficient (Wildman–Crippen LogP) is 1.89. The fourth-order valence-corrected chi connectivity index (χ4v) is 1.48. The van der Waals surface area contributed by atoms with Gasteiger partial charge in [0.1, 0.15) is 0 Å². The molecule has 3 nitrogen and oxygen atoms in total. The van der Waals surface area contributed by atoms with Crippen molar-refractivity contribution in [3.05, 3.63) is 18.0 Å². The van der Waals surface area contributed by atoms with E-state index >= 15 is 0 Å². The number of halogens is 3. The summed E-state index contributed by atoms with van der Waals surface area (Å²) in [5.41, 5.74) is 1.02. The van der Waals surface area contributed by atoms with Gasteiger partial charge in [-0.2, -0.15) is 18.3 Å². The van der Waals surface area contributed by atoms with E-state index in [0.717, 1.165) is 5.56 Å². The summed E-state index contributed by atoms with van der Waals surface area (Å²) < 4.78 is 37.7. The first-order valence-corrected chi connectivity index (χ1v) is 5.14. The van der Waals surface area contributed by atoms with Crippen LogP contribution >= 0.6 is 0 Å². The quantitative estimate of drug-likeness (QED) is 0.844. The molecule has 0 aromatic carbocycles. The van der Waals surface area contributed by atoms with Crippen molar-refractivity contribution in [2.24, 2.45) is 7.05 Å². The molecule has 0 bridgehead atoms. The van der Waals surface area contributed by atoms with Gasteiger partial charge in [-0.1, -0.05) is 0 Å². The average Bonchev–Trinajstić information content (AvgIpc) is 2.48. The number of aryl methyl sites for hydroxylation is 1. The predicted molar refractivity (Wildman–Crippen MR) is 55.0 cm³/mol. The Hall–Kier alpha value is -1.04. The first-order chi connectivity index (χ1) is 7.37. The van der Waals surface area contributed by atoms with Crippen LogP contribution in [0.5, 0.6) is 0 Å². The van der Waals surface area contributed by atoms with Gasteiger partial charge >= 0.3 is 6.18 Å². The second-order valence-corrected chi connectivity index (χ2v) is 3.95. The van der Waals surface area contributed by atoms with E-state index in [2.05, 4.69) is 10.4 Å². The number of hydrogen-bond donors (Lipinski definition) is 1. The van der Waals surface area contributed by atoms with Crippen molar-refractivity contribution in [2.45, 2.75) is 32.0 Å². The molecule has 6 heteroatoms. The molecule has 0 amide bonds. The normalized spacial score (nSPS) is 14.1. The largest absolute Gasteiger partial charge is 0.390 e. The third kappa shape index (κ3) is 5.16. The van der Waals surface area contributed by atoms with Crippen molar-refractivity contribution in [2.75, 3.05) is 6.54 Å². The summed E-state index contributed by atoms with van der Waals surface area (Å²) in [4.78, 5) is 0. The van der Waals surface area contributed by atoms with Gasteiger partial charge in [0.2, 0.25) is 0 Å². The van der Waals surface area contributed by atoms with Gasteiger partial charge in [0.15, 0.2) is 0 Å². The van der Waals surface area contributed by atoms with Gasteiger partial charge in [0.25, 0.3) is 0 Å². The van der Waals surface area contributed by atoms with Crippen molar-refractivity contribution in [3.63, 3.8) is 0 Å². The highest BCUT2D eigenvalue weighted by molar-refractivity contribution is 5.03. The van der Waals surface area contributed by atoms with Gasteiger partial charge in [-0.15, -0.1) is 0 Å². The molecule has 1 heterocycles. The number of hydrogen-bond acceptors (Lipinski definition) is 2. The summed E-state index contributed by atoms with van der Waals surface area (Å²) in [5.74, 6) is 0. The number of aromatic nitrogens is 2. The van der Waals surface area contributed by atoms with Gasteiger partial charge in [-0.3, -0.25) is 4.68 Å². The molecule has 1 aromatic rings. The van der Waals surface area contributed by atoms with Crippen molar-refractivity contribution in [3.8, 4) is 0 Å². The minimum atomic E-state index is -4.10. The topological polar surface area (TPSA) is 29.9 Å². The number of alkyl halides is 3. The third-order valence-corrected chi connectivity index (χ3v) is 2.20. The molecular weight excluding hydrogens is 219 g/mol. The van der Waals surface area contributed by atoms with Crippen LogP contribution in [0.3, 0.4) is 0 Å². The van der Waals surface area contributed by atoms with Crippen LogP contribution in [-0.4, -0.2) is 28.5 Å². The Kier molecular flexibility index (Phi) is 4.35. The molecule has 1 aromatic heterocycles. The Labute approximate surface area is 92.6 Å². The molecule has 1 unspecified atom stereocenters. The summed E-state index contributed by atoms with van der Waals surface area (Å²) in [7, 11) is 1.81. The first-order valence-electron chi connectivity index (χ1n) is 5.14. The van der Waals surface area contributed by atoms with E-state index in [1.54, 1.807) is 10.9 Å². The zero-order valence-corrected chi connectivity index (χ0v) is 9.38. The van der Waals surface area contributed by atoms with E-state index in [1.165, 1.54) is 6.92 Å². The Balaban J connectivity index is 2.20. The lowest BCUT2D eigenvalue weighted by Crippen LogP contribution is -2.32. The Morgan fingerprint density at radius 2 is 2.19 bits per heavy atom. The standard InChI is InChI=1S/C10H16F3N3/c1-8(5-10(11,12)13)14-4-3-9-6-15-16(2)7-9/h6-8,14H,3-5H2,1-2H3. The average molecular weight is 235 g/mol. The molecule has 0 spiro atoms. The van der Waals surface area contributed by atoms with Crippen molar-refractivity contribution in [1.29, 1.82) is 0 Å². The summed E-state index contributed by atoms with van der Waals surface area (Å²) >= 11 is 0. The van der Waals surface area contributed by atoms with Gasteiger partial charge in [-0.05, 0) is 25.5 Å². The van der Waals surface area contributed by atoms with E-state index in [1.807, 2.05) is 13.2 Å². The number of rotatable bonds is 5. The SMILES string of the molecule is CC(CC(F)(F)F)NCCc1cnn(C)c1. The molecule has 1 atom stereocenters. The highest BCUT2D eigenvalue weighted by atomic mass is 19.4. The molecule has 0 aliphatic rings. The molecule has 0 aliphatic heterocycles. The molecular formula is C10H16F3N3. The lowest BCUT2D eigenvalue weighted by atomic mass is 10.2. The molecule has 0 saturated carbocycles. The van der Waals surface area contributed by atoms with E-state index < -0.39 is 18.6 Å². The Bertz CT molecular complexity index is 319. The maximum absolute atomic E-state index is 12.0. The summed E-state index contributed by atoms with van der Waals surface area (Å²) in [6.45, 7) is 2.07. The number of nitrogens with one attached hydrogen (secondary N) is 1. The molecule has 1 rings (SSSR count). The van der Waals surface area contributed by atoms with E-state index in [9.17, 15) is 13.2 Å². The fourth-order valence-electron chi connectivity index (χ4n) is 1.48. The highest BCUT2D eigenvalue weighted by Gasteiger charge is 2.29. The van der Waals surface area contributed by atoms with Crippen LogP contribution in [0.15, 0.2) is 12.4 Å². The summed E-state index contributed by atoms with van der Waals surface area (Å²) in [6, 6.07) is -0.545. The summed E-state index contributed by atoms with van der Waals surface area (Å²) in [6.07, 6.45) is -0.622. The van der Waals surface area contributed by atoms with Gasteiger partial charge in [-0.25, -0.2) is 0 Å². The smallest absolute Gasteiger partial charge is 0.314 e. The lowest BCUT2D eigenvalue weighted by Gasteiger charge is -2.15. The second-order valence-electron chi connectivity index (χ2n) is 3.95. The second kappa shape index (κ2) is 5.34. The van der Waals surface area contributed by atoms with Crippen molar-refractivity contribution < 1.29 is 13.2 Å². The van der Waals surface area contributed by atoms with Crippen molar-refractivity contribution >= 4 is 0 Å². The Morgan fingerprint density at radius 3 is 2.69 bits per heavy atom. The van der Waals surface area contributed by atoms with E-state index in [4.69, 9.17) is 0 Å². The van der Waals surface area contributed by atoms with E-state index in [0.29, 0.717) is 13.0 Å². The van der Waals surface area contributed by atoms with Gasteiger partial charge in [0.05, 0.1) is 12.6 Å². The lowest BCUT2D eigenvalue weighted by molar-refractivity contribution is -0.138. The summed E-state index contributed by atoms with van der Waals surface area (Å²) in [5, 5.41) is 6.82. The van der Waals surface area contributed by atoms with Crippen molar-refractivity contribution in [1.82, 2.24) is 15.1 Å². The Morgan fingerprint density at radius 1 is 1.50 bits per heavy atom. The molecule has 92 valence electrons.